The highest BCUT2D eigenvalue weighted by atomic mass is 32.1. The van der Waals surface area contributed by atoms with Crippen LogP contribution in [0.5, 0.6) is 0 Å². The minimum atomic E-state index is -0.875. The predicted octanol–water partition coefficient (Wildman–Crippen LogP) is 0.553. The smallest absolute Gasteiger partial charge is 0.322 e. The summed E-state index contributed by atoms with van der Waals surface area (Å²) in [7, 11) is 0. The third-order valence-electron chi connectivity index (χ3n) is 4.27. The summed E-state index contributed by atoms with van der Waals surface area (Å²) in [6, 6.07) is 0.715. The summed E-state index contributed by atoms with van der Waals surface area (Å²) in [4.78, 5) is 49.8. The van der Waals surface area contributed by atoms with E-state index in [1.807, 2.05) is 11.4 Å². The number of rotatable bonds is 5. The van der Waals surface area contributed by atoms with Crippen LogP contribution < -0.4 is 10.6 Å². The highest BCUT2D eigenvalue weighted by molar-refractivity contribution is 7.10. The Morgan fingerprint density at radius 2 is 2.24 bits per heavy atom. The van der Waals surface area contributed by atoms with Crippen LogP contribution in [0, 0.1) is 0 Å². The molecule has 3 rings (SSSR count). The van der Waals surface area contributed by atoms with Gasteiger partial charge in [0.05, 0.1) is 0 Å². The molecule has 0 radical (unpaired) electrons. The number of urea groups is 1. The van der Waals surface area contributed by atoms with Crippen LogP contribution in [-0.2, 0) is 32.1 Å². The molecule has 1 fully saturated rings. The van der Waals surface area contributed by atoms with Gasteiger partial charge in [0, 0.05) is 24.4 Å². The second kappa shape index (κ2) is 7.22. The van der Waals surface area contributed by atoms with Crippen LogP contribution in [0.25, 0.3) is 0 Å². The number of thiophene rings is 1. The van der Waals surface area contributed by atoms with Gasteiger partial charge < -0.3 is 15.0 Å². The molecule has 9 heteroatoms. The molecule has 2 aliphatic heterocycles. The van der Waals surface area contributed by atoms with Crippen LogP contribution in [0.15, 0.2) is 11.4 Å². The molecule has 25 heavy (non-hydrogen) atoms. The highest BCUT2D eigenvalue weighted by Gasteiger charge is 2.31. The maximum absolute atomic E-state index is 12.5. The van der Waals surface area contributed by atoms with E-state index in [0.717, 1.165) is 12.0 Å². The minimum absolute atomic E-state index is 0.0509. The maximum atomic E-state index is 12.5. The lowest BCUT2D eigenvalue weighted by Crippen LogP contribution is -2.42. The summed E-state index contributed by atoms with van der Waals surface area (Å²) >= 11 is 1.69. The molecule has 2 N–H and O–H groups in total. The Balaban J connectivity index is 1.46. The standard InChI is InChI=1S/C16H19N3O5S/c1-9(15(22)19-6-4-12-10(8-19)5-7-25-12)24-13(20)3-2-11-14(21)18-16(23)17-11/h5,7,9,11H,2-4,6,8H2,1H3,(H2,17,18,21,23)/t9-,11+/m0/s1. The second-order valence-electron chi connectivity index (χ2n) is 6.06. The molecular weight excluding hydrogens is 346 g/mol. The molecule has 3 heterocycles. The van der Waals surface area contributed by atoms with Gasteiger partial charge in [-0.2, -0.15) is 0 Å². The number of nitrogens with one attached hydrogen (secondary N) is 2. The Hall–Kier alpha value is -2.42. The molecule has 0 unspecified atom stereocenters. The lowest BCUT2D eigenvalue weighted by atomic mass is 10.1. The first-order chi connectivity index (χ1) is 11.9. The number of imide groups is 1. The van der Waals surface area contributed by atoms with Gasteiger partial charge in [0.2, 0.25) is 0 Å². The summed E-state index contributed by atoms with van der Waals surface area (Å²) in [5.74, 6) is -1.25. The number of esters is 1. The highest BCUT2D eigenvalue weighted by Crippen LogP contribution is 2.24. The third kappa shape index (κ3) is 3.98. The predicted molar refractivity (Wildman–Crippen MR) is 88.7 cm³/mol. The molecule has 0 spiro atoms. The van der Waals surface area contributed by atoms with Gasteiger partial charge in [-0.15, -0.1) is 11.3 Å². The Labute approximate surface area is 148 Å². The zero-order valence-electron chi connectivity index (χ0n) is 13.7. The van der Waals surface area contributed by atoms with Crippen molar-refractivity contribution in [3.63, 3.8) is 0 Å². The van der Waals surface area contributed by atoms with Gasteiger partial charge in [-0.3, -0.25) is 19.7 Å². The monoisotopic (exact) mass is 365 g/mol. The summed E-state index contributed by atoms with van der Waals surface area (Å²) in [6.45, 7) is 2.70. The Morgan fingerprint density at radius 3 is 2.96 bits per heavy atom. The molecule has 0 saturated carbocycles. The van der Waals surface area contributed by atoms with Crippen molar-refractivity contribution >= 4 is 35.2 Å². The Morgan fingerprint density at radius 1 is 1.44 bits per heavy atom. The van der Waals surface area contributed by atoms with Gasteiger partial charge in [0.15, 0.2) is 6.10 Å². The normalized spacial score (nSPS) is 20.5. The molecule has 0 aromatic carbocycles. The maximum Gasteiger partial charge on any atom is 0.322 e. The van der Waals surface area contributed by atoms with E-state index in [4.69, 9.17) is 4.74 Å². The van der Waals surface area contributed by atoms with Gasteiger partial charge >= 0.3 is 12.0 Å². The summed E-state index contributed by atoms with van der Waals surface area (Å²) in [5.41, 5.74) is 1.14. The van der Waals surface area contributed by atoms with Gasteiger partial charge in [-0.05, 0) is 36.8 Å². The van der Waals surface area contributed by atoms with E-state index in [2.05, 4.69) is 10.6 Å². The quantitative estimate of drug-likeness (QED) is 0.586. The van der Waals surface area contributed by atoms with Gasteiger partial charge in [0.25, 0.3) is 11.8 Å². The van der Waals surface area contributed by atoms with E-state index >= 15 is 0 Å². The topological polar surface area (TPSA) is 105 Å². The first-order valence-electron chi connectivity index (χ1n) is 8.09. The molecule has 2 atom stereocenters. The number of hydrogen-bond donors (Lipinski definition) is 2. The molecular formula is C16H19N3O5S. The van der Waals surface area contributed by atoms with E-state index in [0.29, 0.717) is 13.1 Å². The van der Waals surface area contributed by atoms with Crippen molar-refractivity contribution in [1.29, 1.82) is 0 Å². The van der Waals surface area contributed by atoms with Crippen molar-refractivity contribution in [3.05, 3.63) is 21.9 Å². The first-order valence-corrected chi connectivity index (χ1v) is 8.97. The zero-order valence-corrected chi connectivity index (χ0v) is 14.6. The SMILES string of the molecule is C[C@H](OC(=O)CC[C@H]1NC(=O)NC1=O)C(=O)N1CCc2sccc2C1. The van der Waals surface area contributed by atoms with Crippen LogP contribution in [-0.4, -0.2) is 47.4 Å². The van der Waals surface area contributed by atoms with E-state index < -0.39 is 30.1 Å². The molecule has 134 valence electrons. The van der Waals surface area contributed by atoms with Crippen molar-refractivity contribution in [2.45, 2.75) is 44.9 Å². The molecule has 1 aromatic heterocycles. The van der Waals surface area contributed by atoms with Crippen LogP contribution in [0.1, 0.15) is 30.2 Å². The summed E-state index contributed by atoms with van der Waals surface area (Å²) in [5, 5.41) is 6.52. The van der Waals surface area contributed by atoms with Crippen LogP contribution in [0.4, 0.5) is 4.79 Å². The molecule has 1 saturated heterocycles. The van der Waals surface area contributed by atoms with Crippen molar-refractivity contribution in [2.75, 3.05) is 6.54 Å². The van der Waals surface area contributed by atoms with Gasteiger partial charge in [0.1, 0.15) is 6.04 Å². The van der Waals surface area contributed by atoms with Crippen molar-refractivity contribution in [1.82, 2.24) is 15.5 Å². The average molecular weight is 365 g/mol. The van der Waals surface area contributed by atoms with Crippen molar-refractivity contribution in [3.8, 4) is 0 Å². The van der Waals surface area contributed by atoms with E-state index in [1.54, 1.807) is 23.2 Å². The fraction of sp³-hybridized carbons (Fsp3) is 0.500. The fourth-order valence-electron chi connectivity index (χ4n) is 2.92. The van der Waals surface area contributed by atoms with Crippen molar-refractivity contribution in [2.24, 2.45) is 0 Å². The van der Waals surface area contributed by atoms with E-state index in [1.165, 1.54) is 4.88 Å². The van der Waals surface area contributed by atoms with Gasteiger partial charge in [-0.25, -0.2) is 4.79 Å². The largest absolute Gasteiger partial charge is 0.453 e. The molecule has 1 aromatic rings. The van der Waals surface area contributed by atoms with E-state index in [-0.39, 0.29) is 18.7 Å². The fourth-order valence-corrected chi connectivity index (χ4v) is 3.81. The van der Waals surface area contributed by atoms with Crippen molar-refractivity contribution < 1.29 is 23.9 Å². The number of carbonyl (C=O) groups excluding carboxylic acids is 4. The molecule has 0 bridgehead atoms. The van der Waals surface area contributed by atoms with Crippen LogP contribution in [0.3, 0.4) is 0 Å². The van der Waals surface area contributed by atoms with Gasteiger partial charge in [-0.1, -0.05) is 0 Å². The van der Waals surface area contributed by atoms with E-state index in [9.17, 15) is 19.2 Å². The first kappa shape index (κ1) is 17.4. The number of fused-ring (bicyclic) bond motifs is 1. The number of ether oxygens (including phenoxy) is 1. The second-order valence-corrected chi connectivity index (χ2v) is 7.07. The number of amides is 4. The average Bonchev–Trinajstić information content (AvgIpc) is 3.17. The molecule has 0 aliphatic carbocycles. The molecule has 4 amide bonds. The number of carbonyl (C=O) groups is 4. The Kier molecular flexibility index (Phi) is 5.03. The summed E-state index contributed by atoms with van der Waals surface area (Å²) in [6.07, 6.45) is 0.0273. The summed E-state index contributed by atoms with van der Waals surface area (Å²) < 4.78 is 5.18. The zero-order chi connectivity index (χ0) is 18.0. The number of nitrogens with zero attached hydrogens (tertiary/aromatic N) is 1. The minimum Gasteiger partial charge on any atom is -0.453 e. The lowest BCUT2D eigenvalue weighted by Gasteiger charge is -2.29. The molecule has 8 nitrogen and oxygen atoms in total. The van der Waals surface area contributed by atoms with Crippen LogP contribution in [0.2, 0.25) is 0 Å². The third-order valence-corrected chi connectivity index (χ3v) is 5.29. The lowest BCUT2D eigenvalue weighted by molar-refractivity contribution is -0.159. The number of hydrogen-bond acceptors (Lipinski definition) is 6. The Bertz CT molecular complexity index is 716. The molecule has 2 aliphatic rings. The van der Waals surface area contributed by atoms with Crippen LogP contribution >= 0.6 is 11.3 Å².